The lowest BCUT2D eigenvalue weighted by atomic mass is 9.87. The molecule has 0 radical (unpaired) electrons. The Hall–Kier alpha value is -3.35. The molecule has 3 rings (SSSR count). The van der Waals surface area contributed by atoms with Crippen molar-refractivity contribution in [2.75, 3.05) is 20.8 Å². The molecule has 1 saturated heterocycles. The second kappa shape index (κ2) is 7.72. The summed E-state index contributed by atoms with van der Waals surface area (Å²) in [6, 6.07) is 13.2. The molecule has 0 unspecified atom stereocenters. The molecule has 1 aliphatic heterocycles. The Morgan fingerprint density at radius 3 is 2.39 bits per heavy atom. The Morgan fingerprint density at radius 2 is 1.79 bits per heavy atom. The van der Waals surface area contributed by atoms with E-state index in [1.54, 1.807) is 36.4 Å². The molecular weight excluding hydrogens is 360 g/mol. The van der Waals surface area contributed by atoms with Crippen LogP contribution in [0.15, 0.2) is 48.5 Å². The molecule has 1 heterocycles. The molecule has 146 valence electrons. The average molecular weight is 382 g/mol. The van der Waals surface area contributed by atoms with Crippen molar-refractivity contribution in [3.8, 4) is 11.5 Å². The highest BCUT2D eigenvalue weighted by atomic mass is 16.5. The van der Waals surface area contributed by atoms with E-state index in [0.29, 0.717) is 23.5 Å². The number of nitrogens with one attached hydrogen (secondary N) is 1. The number of urea groups is 1. The summed E-state index contributed by atoms with van der Waals surface area (Å²) in [7, 11) is 2.94. The van der Waals surface area contributed by atoms with E-state index >= 15 is 0 Å². The topological polar surface area (TPSA) is 84.9 Å². The third kappa shape index (κ3) is 3.19. The summed E-state index contributed by atoms with van der Waals surface area (Å²) in [6.07, 6.45) is 0.370. The van der Waals surface area contributed by atoms with Crippen LogP contribution >= 0.6 is 0 Å². The van der Waals surface area contributed by atoms with Crippen molar-refractivity contribution in [1.82, 2.24) is 10.2 Å². The van der Waals surface area contributed by atoms with Crippen molar-refractivity contribution >= 4 is 17.7 Å². The number of hydrogen-bond donors (Lipinski definition) is 1. The van der Waals surface area contributed by atoms with Gasteiger partial charge in [-0.2, -0.15) is 0 Å². The molecule has 7 heteroatoms. The van der Waals surface area contributed by atoms with Gasteiger partial charge in [0.05, 0.1) is 26.3 Å². The molecular formula is C21H22N2O5. The molecule has 1 N–H and O–H groups in total. The number of amides is 3. The fourth-order valence-electron chi connectivity index (χ4n) is 3.39. The van der Waals surface area contributed by atoms with Gasteiger partial charge in [0.2, 0.25) is 0 Å². The van der Waals surface area contributed by atoms with Gasteiger partial charge in [-0.1, -0.05) is 37.3 Å². The highest BCUT2D eigenvalue weighted by Gasteiger charge is 2.51. The van der Waals surface area contributed by atoms with Gasteiger partial charge in [-0.25, -0.2) is 4.79 Å². The van der Waals surface area contributed by atoms with Crippen molar-refractivity contribution < 1.29 is 23.9 Å². The summed E-state index contributed by atoms with van der Waals surface area (Å²) in [5.74, 6) is -0.0307. The fraction of sp³-hybridized carbons (Fsp3) is 0.286. The molecule has 0 spiro atoms. The molecule has 2 aromatic rings. The van der Waals surface area contributed by atoms with Gasteiger partial charge in [-0.15, -0.1) is 0 Å². The van der Waals surface area contributed by atoms with Crippen LogP contribution in [0, 0.1) is 0 Å². The van der Waals surface area contributed by atoms with Gasteiger partial charge in [-0.05, 0) is 30.2 Å². The van der Waals surface area contributed by atoms with Gasteiger partial charge in [0.25, 0.3) is 5.91 Å². The number of carbonyl (C=O) groups is 3. The molecule has 0 aliphatic carbocycles. The fourth-order valence-corrected chi connectivity index (χ4v) is 3.39. The van der Waals surface area contributed by atoms with Crippen LogP contribution in [-0.4, -0.2) is 43.4 Å². The van der Waals surface area contributed by atoms with Crippen molar-refractivity contribution in [2.45, 2.75) is 18.9 Å². The van der Waals surface area contributed by atoms with Crippen LogP contribution in [0.3, 0.4) is 0 Å². The van der Waals surface area contributed by atoms with E-state index in [1.165, 1.54) is 20.3 Å². The highest BCUT2D eigenvalue weighted by Crippen LogP contribution is 2.33. The number of hydrogen-bond acceptors (Lipinski definition) is 5. The maximum atomic E-state index is 13.1. The lowest BCUT2D eigenvalue weighted by Crippen LogP contribution is -2.43. The Labute approximate surface area is 163 Å². The molecule has 0 saturated carbocycles. The minimum absolute atomic E-state index is 0.246. The number of ether oxygens (including phenoxy) is 2. The van der Waals surface area contributed by atoms with E-state index < -0.39 is 23.3 Å². The lowest BCUT2D eigenvalue weighted by molar-refractivity contribution is -0.131. The Kier molecular flexibility index (Phi) is 5.35. The maximum Gasteiger partial charge on any atom is 0.325 e. The number of carbonyl (C=O) groups excluding carboxylic acids is 3. The van der Waals surface area contributed by atoms with Crippen LogP contribution < -0.4 is 14.8 Å². The molecule has 28 heavy (non-hydrogen) atoms. The van der Waals surface area contributed by atoms with Gasteiger partial charge in [0.15, 0.2) is 5.78 Å². The summed E-state index contributed by atoms with van der Waals surface area (Å²) >= 11 is 0. The van der Waals surface area contributed by atoms with Gasteiger partial charge in [-0.3, -0.25) is 14.5 Å². The third-order valence-electron chi connectivity index (χ3n) is 4.98. The highest BCUT2D eigenvalue weighted by molar-refractivity contribution is 6.12. The number of methoxy groups -OCH3 is 2. The lowest BCUT2D eigenvalue weighted by Gasteiger charge is -2.25. The van der Waals surface area contributed by atoms with Gasteiger partial charge in [0, 0.05) is 0 Å². The second-order valence-corrected chi connectivity index (χ2v) is 6.44. The van der Waals surface area contributed by atoms with Crippen molar-refractivity contribution in [3.63, 3.8) is 0 Å². The first-order valence-corrected chi connectivity index (χ1v) is 8.91. The van der Waals surface area contributed by atoms with E-state index in [-0.39, 0.29) is 12.1 Å². The maximum absolute atomic E-state index is 13.1. The van der Waals surface area contributed by atoms with Gasteiger partial charge >= 0.3 is 6.03 Å². The predicted octanol–water partition coefficient (Wildman–Crippen LogP) is 2.74. The number of Topliss-reactive ketones (excluding diaryl/α,β-unsaturated/α-hetero) is 1. The van der Waals surface area contributed by atoms with Crippen LogP contribution in [0.5, 0.6) is 11.5 Å². The first kappa shape index (κ1) is 19.4. The number of ketones is 1. The van der Waals surface area contributed by atoms with E-state index in [1.807, 2.05) is 13.0 Å². The molecule has 3 amide bonds. The van der Waals surface area contributed by atoms with Crippen LogP contribution in [-0.2, 0) is 10.3 Å². The molecule has 1 atom stereocenters. The minimum atomic E-state index is -1.17. The Balaban J connectivity index is 1.90. The number of nitrogens with zero attached hydrogens (tertiary/aromatic N) is 1. The minimum Gasteiger partial charge on any atom is -0.497 e. The number of benzene rings is 2. The van der Waals surface area contributed by atoms with Gasteiger partial charge in [0.1, 0.15) is 17.0 Å². The summed E-state index contributed by atoms with van der Waals surface area (Å²) in [5.41, 5.74) is -0.238. The van der Waals surface area contributed by atoms with Crippen molar-refractivity contribution in [2.24, 2.45) is 0 Å². The predicted molar refractivity (Wildman–Crippen MR) is 103 cm³/mol. The van der Waals surface area contributed by atoms with Crippen molar-refractivity contribution in [3.05, 3.63) is 59.7 Å². The van der Waals surface area contributed by atoms with Crippen LogP contribution in [0.25, 0.3) is 0 Å². The third-order valence-corrected chi connectivity index (χ3v) is 4.98. The zero-order valence-corrected chi connectivity index (χ0v) is 16.0. The smallest absolute Gasteiger partial charge is 0.325 e. The van der Waals surface area contributed by atoms with Crippen LogP contribution in [0.2, 0.25) is 0 Å². The van der Waals surface area contributed by atoms with E-state index in [4.69, 9.17) is 9.47 Å². The molecule has 2 aromatic carbocycles. The normalized spacial score (nSPS) is 18.8. The van der Waals surface area contributed by atoms with Gasteiger partial charge < -0.3 is 14.8 Å². The van der Waals surface area contributed by atoms with Crippen LogP contribution in [0.1, 0.15) is 29.3 Å². The summed E-state index contributed by atoms with van der Waals surface area (Å²) in [6.45, 7) is 1.43. The molecule has 1 fully saturated rings. The first-order valence-electron chi connectivity index (χ1n) is 8.91. The summed E-state index contributed by atoms with van der Waals surface area (Å²) < 4.78 is 10.4. The summed E-state index contributed by atoms with van der Waals surface area (Å²) in [4.78, 5) is 39.5. The SMILES string of the molecule is CC[C@@]1(c2ccccc2)NC(=O)N(CC(=O)c2cc(OC)ccc2OC)C1=O. The van der Waals surface area contributed by atoms with E-state index in [2.05, 4.69) is 5.32 Å². The first-order chi connectivity index (χ1) is 13.5. The Morgan fingerprint density at radius 1 is 1.07 bits per heavy atom. The quantitative estimate of drug-likeness (QED) is 0.588. The van der Waals surface area contributed by atoms with E-state index in [0.717, 1.165) is 4.90 Å². The standard InChI is InChI=1S/C21H22N2O5/c1-4-21(14-8-6-5-7-9-14)19(25)23(20(26)22-21)13-17(24)16-12-15(27-2)10-11-18(16)28-3/h5-12H,4,13H2,1-3H3,(H,22,26)/t21-/m0/s1. The molecule has 0 bridgehead atoms. The second-order valence-electron chi connectivity index (χ2n) is 6.44. The monoisotopic (exact) mass is 382 g/mol. The van der Waals surface area contributed by atoms with Crippen molar-refractivity contribution in [1.29, 1.82) is 0 Å². The van der Waals surface area contributed by atoms with Crippen LogP contribution in [0.4, 0.5) is 4.79 Å². The number of rotatable bonds is 7. The largest absolute Gasteiger partial charge is 0.497 e. The molecule has 0 aromatic heterocycles. The molecule has 1 aliphatic rings. The average Bonchev–Trinajstić information content (AvgIpc) is 2.98. The Bertz CT molecular complexity index is 912. The summed E-state index contributed by atoms with van der Waals surface area (Å²) in [5, 5.41) is 2.77. The zero-order valence-electron chi connectivity index (χ0n) is 16.0. The molecule has 7 nitrogen and oxygen atoms in total. The van der Waals surface area contributed by atoms with E-state index in [9.17, 15) is 14.4 Å². The zero-order chi connectivity index (χ0) is 20.3. The number of imide groups is 1.